The van der Waals surface area contributed by atoms with Gasteiger partial charge in [0.1, 0.15) is 6.67 Å². The molecule has 0 spiro atoms. The molecule has 4 nitrogen and oxygen atoms in total. The van der Waals surface area contributed by atoms with Crippen molar-refractivity contribution in [2.45, 2.75) is 12.8 Å². The Morgan fingerprint density at radius 2 is 1.95 bits per heavy atom. The van der Waals surface area contributed by atoms with Gasteiger partial charge in [0, 0.05) is 43.5 Å². The van der Waals surface area contributed by atoms with E-state index in [1.807, 2.05) is 43.4 Å². The molecule has 4 heteroatoms. The van der Waals surface area contributed by atoms with Crippen LogP contribution in [-0.4, -0.2) is 37.7 Å². The number of allylic oxidation sites excluding steroid dienone is 3. The van der Waals surface area contributed by atoms with Crippen LogP contribution in [-0.2, 0) is 4.79 Å². The Bertz CT molecular complexity index is 641. The number of Topliss-reactive ketones (excluding diaryl/α,β-unsaturated/α-hetero) is 1. The van der Waals surface area contributed by atoms with E-state index in [1.54, 1.807) is 6.21 Å². The van der Waals surface area contributed by atoms with Gasteiger partial charge >= 0.3 is 0 Å². The monoisotopic (exact) mass is 281 g/mol. The van der Waals surface area contributed by atoms with Gasteiger partial charge in [-0.05, 0) is 25.0 Å². The molecule has 0 N–H and O–H groups in total. The first kappa shape index (κ1) is 13.6. The summed E-state index contributed by atoms with van der Waals surface area (Å²) in [7, 11) is 3.88. The van der Waals surface area contributed by atoms with Crippen LogP contribution in [0.15, 0.2) is 58.4 Å². The average Bonchev–Trinajstić information content (AvgIpc) is 2.50. The minimum Gasteiger partial charge on any atom is -0.383 e. The van der Waals surface area contributed by atoms with Crippen LogP contribution in [0.2, 0.25) is 0 Å². The van der Waals surface area contributed by atoms with E-state index < -0.39 is 0 Å². The zero-order valence-corrected chi connectivity index (χ0v) is 12.4. The molecule has 0 saturated carbocycles. The van der Waals surface area contributed by atoms with Crippen molar-refractivity contribution in [1.29, 1.82) is 0 Å². The molecule has 0 aromatic heterocycles. The summed E-state index contributed by atoms with van der Waals surface area (Å²) < 4.78 is 0. The molecule has 0 saturated heterocycles. The summed E-state index contributed by atoms with van der Waals surface area (Å²) in [6, 6.07) is 10.1. The second-order valence-electron chi connectivity index (χ2n) is 5.52. The van der Waals surface area contributed by atoms with E-state index in [-0.39, 0.29) is 5.78 Å². The highest BCUT2D eigenvalue weighted by molar-refractivity contribution is 6.22. The fraction of sp³-hybridized carbons (Fsp3) is 0.294. The molecular weight excluding hydrogens is 262 g/mol. The largest absolute Gasteiger partial charge is 0.383 e. The summed E-state index contributed by atoms with van der Waals surface area (Å²) in [5, 5.41) is 0. The van der Waals surface area contributed by atoms with Gasteiger partial charge in [0.25, 0.3) is 0 Å². The minimum atomic E-state index is 0.106. The number of benzene rings is 1. The van der Waals surface area contributed by atoms with Crippen molar-refractivity contribution < 1.29 is 4.79 Å². The first-order chi connectivity index (χ1) is 10.2. The fourth-order valence-corrected chi connectivity index (χ4v) is 2.80. The molecule has 1 heterocycles. The highest BCUT2D eigenvalue weighted by Gasteiger charge is 2.29. The van der Waals surface area contributed by atoms with E-state index in [0.29, 0.717) is 6.67 Å². The van der Waals surface area contributed by atoms with Crippen LogP contribution in [0.3, 0.4) is 0 Å². The molecule has 1 aliphatic carbocycles. The number of para-hydroxylation sites is 1. The zero-order valence-electron chi connectivity index (χ0n) is 12.4. The molecule has 0 amide bonds. The molecular formula is C17H19N3O. The third kappa shape index (κ3) is 2.61. The number of carbonyl (C=O) groups is 1. The molecule has 0 unspecified atom stereocenters. The van der Waals surface area contributed by atoms with Gasteiger partial charge in [0.05, 0.1) is 5.57 Å². The number of hydrogen-bond donors (Lipinski definition) is 0. The van der Waals surface area contributed by atoms with Crippen LogP contribution >= 0.6 is 0 Å². The van der Waals surface area contributed by atoms with E-state index >= 15 is 0 Å². The van der Waals surface area contributed by atoms with Crippen LogP contribution < -0.4 is 4.90 Å². The second kappa shape index (κ2) is 5.56. The van der Waals surface area contributed by atoms with E-state index in [4.69, 9.17) is 0 Å². The van der Waals surface area contributed by atoms with E-state index in [9.17, 15) is 4.79 Å². The lowest BCUT2D eigenvalue weighted by Gasteiger charge is -2.33. The summed E-state index contributed by atoms with van der Waals surface area (Å²) in [6.45, 7) is 0.586. The maximum absolute atomic E-state index is 12.6. The number of hydrogen-bond acceptors (Lipinski definition) is 4. The summed E-state index contributed by atoms with van der Waals surface area (Å²) in [5.74, 6) is 0.106. The lowest BCUT2D eigenvalue weighted by atomic mass is 9.89. The fourth-order valence-electron chi connectivity index (χ4n) is 2.80. The summed E-state index contributed by atoms with van der Waals surface area (Å²) in [4.78, 5) is 21.0. The van der Waals surface area contributed by atoms with Crippen molar-refractivity contribution in [3.63, 3.8) is 0 Å². The normalized spacial score (nSPS) is 20.0. The third-order valence-electron chi connectivity index (χ3n) is 3.73. The molecule has 1 aromatic carbocycles. The van der Waals surface area contributed by atoms with Crippen LogP contribution in [0.25, 0.3) is 0 Å². The van der Waals surface area contributed by atoms with Gasteiger partial charge in [0.2, 0.25) is 0 Å². The molecule has 108 valence electrons. The molecule has 0 fully saturated rings. The van der Waals surface area contributed by atoms with E-state index in [2.05, 4.69) is 22.0 Å². The summed E-state index contributed by atoms with van der Waals surface area (Å²) >= 11 is 0. The second-order valence-corrected chi connectivity index (χ2v) is 5.52. The Morgan fingerprint density at radius 1 is 1.19 bits per heavy atom. The van der Waals surface area contributed by atoms with Crippen LogP contribution in [0.5, 0.6) is 0 Å². The van der Waals surface area contributed by atoms with Crippen molar-refractivity contribution >= 4 is 17.7 Å². The Kier molecular flexibility index (Phi) is 3.60. The maximum atomic E-state index is 12.6. The summed E-state index contributed by atoms with van der Waals surface area (Å²) in [5.41, 5.74) is 3.79. The van der Waals surface area contributed by atoms with Crippen LogP contribution in [0.4, 0.5) is 5.69 Å². The average molecular weight is 281 g/mol. The number of anilines is 1. The van der Waals surface area contributed by atoms with Crippen LogP contribution in [0, 0.1) is 0 Å². The summed E-state index contributed by atoms with van der Waals surface area (Å²) in [6.07, 6.45) is 5.32. The number of nitrogens with zero attached hydrogens (tertiary/aromatic N) is 3. The first-order valence-corrected chi connectivity index (χ1v) is 7.14. The van der Waals surface area contributed by atoms with Gasteiger partial charge in [-0.2, -0.15) is 0 Å². The molecule has 1 aliphatic heterocycles. The molecule has 21 heavy (non-hydrogen) atoms. The Labute approximate surface area is 125 Å². The molecule has 2 aliphatic rings. The Balaban J connectivity index is 1.98. The van der Waals surface area contributed by atoms with Gasteiger partial charge in [-0.25, -0.2) is 0 Å². The highest BCUT2D eigenvalue weighted by Crippen LogP contribution is 2.32. The lowest BCUT2D eigenvalue weighted by Crippen LogP contribution is -2.33. The molecule has 3 rings (SSSR count). The number of ketones is 1. The van der Waals surface area contributed by atoms with Crippen molar-refractivity contribution in [2.24, 2.45) is 4.99 Å². The first-order valence-electron chi connectivity index (χ1n) is 7.14. The maximum Gasteiger partial charge on any atom is 0.193 e. The van der Waals surface area contributed by atoms with E-state index in [0.717, 1.165) is 35.4 Å². The van der Waals surface area contributed by atoms with Gasteiger partial charge in [0.15, 0.2) is 5.78 Å². The Morgan fingerprint density at radius 3 is 2.67 bits per heavy atom. The molecule has 0 atom stereocenters. The standard InChI is InChI=1S/C17H19N3O/c1-19(2)11-13-8-9-16-15(17(13)21)10-18-12-20(16)14-6-4-3-5-7-14/h3-7,10-11H,8-9,12H2,1-2H3. The topological polar surface area (TPSA) is 35.9 Å². The van der Waals surface area contributed by atoms with Crippen molar-refractivity contribution in [2.75, 3.05) is 25.7 Å². The van der Waals surface area contributed by atoms with Crippen molar-refractivity contribution in [1.82, 2.24) is 4.90 Å². The van der Waals surface area contributed by atoms with E-state index in [1.165, 1.54) is 0 Å². The molecule has 0 radical (unpaired) electrons. The smallest absolute Gasteiger partial charge is 0.193 e. The highest BCUT2D eigenvalue weighted by atomic mass is 16.1. The number of rotatable bonds is 2. The van der Waals surface area contributed by atoms with Gasteiger partial charge in [-0.3, -0.25) is 9.79 Å². The lowest BCUT2D eigenvalue weighted by molar-refractivity contribution is -0.112. The van der Waals surface area contributed by atoms with Gasteiger partial charge in [-0.15, -0.1) is 0 Å². The van der Waals surface area contributed by atoms with Crippen molar-refractivity contribution in [3.05, 3.63) is 53.4 Å². The quantitative estimate of drug-likeness (QED) is 0.782. The van der Waals surface area contributed by atoms with Gasteiger partial charge < -0.3 is 9.80 Å². The number of aliphatic imine (C=N–C) groups is 1. The molecule has 0 bridgehead atoms. The predicted octanol–water partition coefficient (Wildman–Crippen LogP) is 2.60. The third-order valence-corrected chi connectivity index (χ3v) is 3.73. The predicted molar refractivity (Wildman–Crippen MR) is 85.3 cm³/mol. The van der Waals surface area contributed by atoms with Crippen molar-refractivity contribution in [3.8, 4) is 0 Å². The van der Waals surface area contributed by atoms with Crippen LogP contribution in [0.1, 0.15) is 12.8 Å². The minimum absolute atomic E-state index is 0.106. The molecule has 1 aromatic rings. The Hall–Kier alpha value is -2.36. The zero-order chi connectivity index (χ0) is 14.8. The number of carbonyl (C=O) groups excluding carboxylic acids is 1. The SMILES string of the molecule is CN(C)C=C1CCC2=C(C=NCN2c2ccccc2)C1=O. The van der Waals surface area contributed by atoms with Gasteiger partial charge in [-0.1, -0.05) is 18.2 Å².